The van der Waals surface area contributed by atoms with E-state index in [1.165, 1.54) is 18.5 Å². The molecule has 1 N–H and O–H groups in total. The molecular weight excluding hydrogens is 495 g/mol. The number of rotatable bonds is 6. The number of fused-ring (bicyclic) bond motifs is 1. The Morgan fingerprint density at radius 3 is 2.54 bits per heavy atom. The zero-order valence-corrected chi connectivity index (χ0v) is 22.7. The van der Waals surface area contributed by atoms with Crippen LogP contribution in [0.2, 0.25) is 5.02 Å². The summed E-state index contributed by atoms with van der Waals surface area (Å²) >= 11 is 5.95. The van der Waals surface area contributed by atoms with E-state index in [0.717, 1.165) is 54.3 Å². The van der Waals surface area contributed by atoms with Crippen molar-refractivity contribution in [2.24, 2.45) is 5.92 Å². The van der Waals surface area contributed by atoms with Crippen LogP contribution in [-0.2, 0) is 11.2 Å². The molecule has 0 saturated heterocycles. The predicted octanol–water partition coefficient (Wildman–Crippen LogP) is 7.14. The number of nitrogens with one attached hydrogen (secondary N) is 1. The van der Waals surface area contributed by atoms with Gasteiger partial charge in [0.1, 0.15) is 29.3 Å². The third-order valence-corrected chi connectivity index (χ3v) is 7.06. The van der Waals surface area contributed by atoms with Crippen molar-refractivity contribution in [3.05, 3.63) is 53.1 Å². The van der Waals surface area contributed by atoms with E-state index in [2.05, 4.69) is 21.4 Å². The molecular formula is C28H34ClFN4O3. The average molecular weight is 529 g/mol. The van der Waals surface area contributed by atoms with Crippen LogP contribution in [-0.4, -0.2) is 46.8 Å². The van der Waals surface area contributed by atoms with Gasteiger partial charge in [-0.05, 0) is 88.6 Å². The van der Waals surface area contributed by atoms with E-state index in [1.54, 1.807) is 18.1 Å². The number of hydrogen-bond donors (Lipinski definition) is 1. The van der Waals surface area contributed by atoms with E-state index in [0.29, 0.717) is 17.4 Å². The largest absolute Gasteiger partial charge is 0.496 e. The molecule has 4 rings (SSSR count). The number of ether oxygens (including phenoxy) is 2. The fourth-order valence-corrected chi connectivity index (χ4v) is 5.00. The van der Waals surface area contributed by atoms with Crippen LogP contribution in [0.1, 0.15) is 52.0 Å². The second kappa shape index (κ2) is 11.1. The quantitative estimate of drug-likeness (QED) is 0.366. The topological polar surface area (TPSA) is 76.6 Å². The molecule has 0 aliphatic heterocycles. The highest BCUT2D eigenvalue weighted by atomic mass is 35.5. The van der Waals surface area contributed by atoms with Crippen molar-refractivity contribution >= 4 is 40.1 Å². The Kier molecular flexibility index (Phi) is 8.07. The zero-order chi connectivity index (χ0) is 26.7. The van der Waals surface area contributed by atoms with Crippen molar-refractivity contribution in [3.63, 3.8) is 0 Å². The molecule has 0 atom stereocenters. The summed E-state index contributed by atoms with van der Waals surface area (Å²) in [5.74, 6) is 1.39. The average Bonchev–Trinajstić information content (AvgIpc) is 2.85. The van der Waals surface area contributed by atoms with Gasteiger partial charge in [-0.3, -0.25) is 0 Å². The Morgan fingerprint density at radius 1 is 1.16 bits per heavy atom. The van der Waals surface area contributed by atoms with Gasteiger partial charge in [-0.2, -0.15) is 0 Å². The number of hydrogen-bond acceptors (Lipinski definition) is 6. The van der Waals surface area contributed by atoms with Gasteiger partial charge in [-0.25, -0.2) is 19.2 Å². The minimum Gasteiger partial charge on any atom is -0.496 e. The first kappa shape index (κ1) is 26.9. The maximum Gasteiger partial charge on any atom is 0.410 e. The van der Waals surface area contributed by atoms with Crippen LogP contribution in [0.4, 0.5) is 20.7 Å². The Bertz CT molecular complexity index is 1270. The van der Waals surface area contributed by atoms with Gasteiger partial charge in [0.15, 0.2) is 0 Å². The fraction of sp³-hybridized carbons (Fsp3) is 0.464. The van der Waals surface area contributed by atoms with Gasteiger partial charge in [0.05, 0.1) is 17.6 Å². The first-order valence-electron chi connectivity index (χ1n) is 12.5. The molecule has 1 heterocycles. The third-order valence-electron chi connectivity index (χ3n) is 6.77. The van der Waals surface area contributed by atoms with Crippen LogP contribution in [0, 0.1) is 11.7 Å². The molecule has 1 fully saturated rings. The molecule has 3 aromatic rings. The summed E-state index contributed by atoms with van der Waals surface area (Å²) < 4.78 is 24.8. The molecule has 1 saturated carbocycles. The van der Waals surface area contributed by atoms with E-state index in [1.807, 2.05) is 33.9 Å². The molecule has 1 aromatic heterocycles. The van der Waals surface area contributed by atoms with Crippen molar-refractivity contribution in [2.75, 3.05) is 19.5 Å². The maximum absolute atomic E-state index is 13.6. The molecule has 0 spiro atoms. The lowest BCUT2D eigenvalue weighted by Gasteiger charge is -2.35. The summed E-state index contributed by atoms with van der Waals surface area (Å²) in [4.78, 5) is 23.1. The van der Waals surface area contributed by atoms with E-state index >= 15 is 0 Å². The summed E-state index contributed by atoms with van der Waals surface area (Å²) in [5, 5.41) is 4.12. The maximum atomic E-state index is 13.6. The van der Waals surface area contributed by atoms with Gasteiger partial charge >= 0.3 is 6.09 Å². The lowest BCUT2D eigenvalue weighted by atomic mass is 9.81. The van der Waals surface area contributed by atoms with Crippen molar-refractivity contribution in [1.29, 1.82) is 0 Å². The van der Waals surface area contributed by atoms with Crippen LogP contribution in [0.15, 0.2) is 36.7 Å². The molecule has 9 heteroatoms. The van der Waals surface area contributed by atoms with Crippen molar-refractivity contribution in [1.82, 2.24) is 14.9 Å². The molecule has 1 aliphatic carbocycles. The van der Waals surface area contributed by atoms with Crippen LogP contribution in [0.5, 0.6) is 5.75 Å². The van der Waals surface area contributed by atoms with Gasteiger partial charge in [-0.15, -0.1) is 0 Å². The van der Waals surface area contributed by atoms with Crippen molar-refractivity contribution < 1.29 is 18.7 Å². The number of benzene rings is 2. The standard InChI is InChI=1S/C28H34ClFN4O3/c1-28(2,3)37-27(35)34(4)20-9-6-17(7-10-20)12-18-13-21-24(15-25(18)36-5)31-16-32-26(21)33-19-8-11-23(30)22(29)14-19/h8,11,13-17,20H,6-7,9-10,12H2,1-5H3,(H,31,32,33). The van der Waals surface area contributed by atoms with Gasteiger partial charge in [-0.1, -0.05) is 11.6 Å². The van der Waals surface area contributed by atoms with E-state index in [-0.39, 0.29) is 17.2 Å². The van der Waals surface area contributed by atoms with Gasteiger partial charge in [0.25, 0.3) is 0 Å². The van der Waals surface area contributed by atoms with E-state index < -0.39 is 11.4 Å². The van der Waals surface area contributed by atoms with E-state index in [4.69, 9.17) is 21.1 Å². The third kappa shape index (κ3) is 6.60. The molecule has 2 aromatic carbocycles. The molecule has 7 nitrogen and oxygen atoms in total. The Labute approximate surface area is 222 Å². The minimum absolute atomic E-state index is 0.0404. The summed E-state index contributed by atoms with van der Waals surface area (Å²) in [7, 11) is 3.49. The monoisotopic (exact) mass is 528 g/mol. The summed E-state index contributed by atoms with van der Waals surface area (Å²) in [5.41, 5.74) is 1.95. The molecule has 0 unspecified atom stereocenters. The number of aromatic nitrogens is 2. The second-order valence-corrected chi connectivity index (χ2v) is 11.0. The summed E-state index contributed by atoms with van der Waals surface area (Å²) in [6, 6.07) is 8.64. The Morgan fingerprint density at radius 2 is 1.89 bits per heavy atom. The van der Waals surface area contributed by atoms with Crippen LogP contribution in [0.3, 0.4) is 0 Å². The lowest BCUT2D eigenvalue weighted by Crippen LogP contribution is -2.42. The molecule has 1 amide bonds. The predicted molar refractivity (Wildman–Crippen MR) is 144 cm³/mol. The highest BCUT2D eigenvalue weighted by Gasteiger charge is 2.30. The summed E-state index contributed by atoms with van der Waals surface area (Å²) in [6.45, 7) is 5.65. The van der Waals surface area contributed by atoms with Gasteiger partial charge < -0.3 is 19.7 Å². The van der Waals surface area contributed by atoms with Crippen molar-refractivity contribution in [3.8, 4) is 5.75 Å². The number of amides is 1. The highest BCUT2D eigenvalue weighted by Crippen LogP contribution is 2.36. The number of methoxy groups -OCH3 is 1. The van der Waals surface area contributed by atoms with Crippen LogP contribution >= 0.6 is 11.6 Å². The Balaban J connectivity index is 1.49. The summed E-state index contributed by atoms with van der Waals surface area (Å²) in [6.07, 6.45) is 5.92. The highest BCUT2D eigenvalue weighted by molar-refractivity contribution is 6.31. The number of carbonyl (C=O) groups excluding carboxylic acids is 1. The molecule has 1 aliphatic rings. The molecule has 0 bridgehead atoms. The fourth-order valence-electron chi connectivity index (χ4n) is 4.82. The molecule has 198 valence electrons. The number of nitrogens with zero attached hydrogens (tertiary/aromatic N) is 3. The first-order valence-corrected chi connectivity index (χ1v) is 12.9. The smallest absolute Gasteiger partial charge is 0.410 e. The Hall–Kier alpha value is -3.13. The van der Waals surface area contributed by atoms with Crippen molar-refractivity contribution in [2.45, 2.75) is 64.5 Å². The molecule has 37 heavy (non-hydrogen) atoms. The van der Waals surface area contributed by atoms with Crippen LogP contribution in [0.25, 0.3) is 10.9 Å². The zero-order valence-electron chi connectivity index (χ0n) is 22.0. The van der Waals surface area contributed by atoms with Gasteiger partial charge in [0, 0.05) is 30.2 Å². The van der Waals surface area contributed by atoms with E-state index in [9.17, 15) is 9.18 Å². The minimum atomic E-state index is -0.504. The number of carbonyl (C=O) groups is 1. The second-order valence-electron chi connectivity index (χ2n) is 10.6. The van der Waals surface area contributed by atoms with Crippen LogP contribution < -0.4 is 10.1 Å². The molecule has 0 radical (unpaired) electrons. The number of halogens is 2. The first-order chi connectivity index (χ1) is 17.5. The number of anilines is 2. The lowest BCUT2D eigenvalue weighted by molar-refractivity contribution is 0.0172. The SMILES string of the molecule is COc1cc2ncnc(Nc3ccc(F)c(Cl)c3)c2cc1CC1CCC(N(C)C(=O)OC(C)(C)C)CC1. The van der Waals surface area contributed by atoms with Gasteiger partial charge in [0.2, 0.25) is 0 Å². The normalized spacial score (nSPS) is 17.9.